The number of imidazole rings is 1. The van der Waals surface area contributed by atoms with Crippen molar-refractivity contribution in [1.82, 2.24) is 19.4 Å². The molecule has 9 heteroatoms. The minimum Gasteiger partial charge on any atom is -0.459 e. The summed E-state index contributed by atoms with van der Waals surface area (Å²) in [6, 6.07) is 7.04. The van der Waals surface area contributed by atoms with Crippen molar-refractivity contribution in [2.45, 2.75) is 78.3 Å². The van der Waals surface area contributed by atoms with Crippen molar-refractivity contribution in [1.29, 1.82) is 0 Å². The number of rotatable bonds is 10. The topological polar surface area (TPSA) is 108 Å². The van der Waals surface area contributed by atoms with E-state index < -0.39 is 23.7 Å². The molecule has 2 heterocycles. The number of benzene rings is 1. The van der Waals surface area contributed by atoms with Crippen LogP contribution in [0.4, 0.5) is 0 Å². The van der Waals surface area contributed by atoms with Crippen LogP contribution in [0.15, 0.2) is 35.3 Å². The van der Waals surface area contributed by atoms with Gasteiger partial charge in [-0.15, -0.1) is 0 Å². The molecular weight excluding hydrogens is 472 g/mol. The lowest BCUT2D eigenvalue weighted by molar-refractivity contribution is -0.160. The minimum absolute atomic E-state index is 0.0404. The smallest absolute Gasteiger partial charge is 0.326 e. The lowest BCUT2D eigenvalue weighted by Gasteiger charge is -2.26. The molecule has 1 aromatic carbocycles. The summed E-state index contributed by atoms with van der Waals surface area (Å²) >= 11 is 0. The van der Waals surface area contributed by atoms with E-state index in [1.165, 1.54) is 0 Å². The fraction of sp³-hybridized carbons (Fsp3) is 0.536. The Morgan fingerprint density at radius 1 is 1.24 bits per heavy atom. The number of pyridine rings is 1. The minimum atomic E-state index is -0.920. The molecule has 0 saturated heterocycles. The Balaban J connectivity index is 2.01. The summed E-state index contributed by atoms with van der Waals surface area (Å²) in [5, 5.41) is 13.3. The maximum absolute atomic E-state index is 12.6. The number of methoxy groups -OCH3 is 1. The zero-order valence-corrected chi connectivity index (χ0v) is 23.2. The van der Waals surface area contributed by atoms with Crippen LogP contribution in [-0.2, 0) is 27.9 Å². The summed E-state index contributed by atoms with van der Waals surface area (Å²) < 4.78 is 14.7. The number of aliphatic hydroxyl groups is 1. The van der Waals surface area contributed by atoms with Crippen molar-refractivity contribution < 1.29 is 19.4 Å². The van der Waals surface area contributed by atoms with E-state index >= 15 is 0 Å². The van der Waals surface area contributed by atoms with Gasteiger partial charge in [-0.3, -0.25) is 14.9 Å². The number of aryl methyl sites for hydroxylation is 2. The Kier molecular flexibility index (Phi) is 8.94. The van der Waals surface area contributed by atoms with Crippen molar-refractivity contribution >= 4 is 17.0 Å². The van der Waals surface area contributed by atoms with Crippen LogP contribution in [0, 0.1) is 6.92 Å². The molecule has 1 unspecified atom stereocenters. The van der Waals surface area contributed by atoms with Crippen molar-refractivity contribution in [3.05, 3.63) is 51.9 Å². The van der Waals surface area contributed by atoms with E-state index in [9.17, 15) is 14.7 Å². The second-order valence-corrected chi connectivity index (χ2v) is 10.6. The zero-order valence-electron chi connectivity index (χ0n) is 23.2. The van der Waals surface area contributed by atoms with Gasteiger partial charge < -0.3 is 23.7 Å². The van der Waals surface area contributed by atoms with Gasteiger partial charge in [-0.1, -0.05) is 13.0 Å². The van der Waals surface area contributed by atoms with Crippen LogP contribution in [-0.4, -0.2) is 56.7 Å². The molecule has 2 N–H and O–H groups in total. The third kappa shape index (κ3) is 6.66. The Morgan fingerprint density at radius 3 is 2.51 bits per heavy atom. The molecule has 0 saturated carbocycles. The number of nitrogens with zero attached hydrogens (tertiary/aromatic N) is 3. The van der Waals surface area contributed by atoms with Crippen LogP contribution < -0.4 is 10.9 Å². The van der Waals surface area contributed by atoms with Crippen LogP contribution >= 0.6 is 0 Å². The maximum atomic E-state index is 12.6. The summed E-state index contributed by atoms with van der Waals surface area (Å²) in [6.45, 7) is 11.7. The Hall–Kier alpha value is -3.01. The highest BCUT2D eigenvalue weighted by atomic mass is 16.6. The number of ether oxygens (including phenoxy) is 2. The molecule has 3 rings (SSSR count). The summed E-state index contributed by atoms with van der Waals surface area (Å²) in [5.41, 5.74) is 3.47. The van der Waals surface area contributed by atoms with Crippen molar-refractivity contribution in [2.24, 2.45) is 7.05 Å². The predicted molar refractivity (Wildman–Crippen MR) is 145 cm³/mol. The number of esters is 1. The first-order valence-corrected chi connectivity index (χ1v) is 12.7. The van der Waals surface area contributed by atoms with Crippen LogP contribution in [0.1, 0.15) is 58.2 Å². The fourth-order valence-electron chi connectivity index (χ4n) is 4.44. The Morgan fingerprint density at radius 2 is 1.95 bits per heavy atom. The van der Waals surface area contributed by atoms with Gasteiger partial charge in [-0.05, 0) is 64.8 Å². The number of carbonyl (C=O) groups is 1. The molecule has 3 aromatic rings. The zero-order chi connectivity index (χ0) is 27.5. The number of hydrogen-bond acceptors (Lipinski definition) is 7. The van der Waals surface area contributed by atoms with Crippen LogP contribution in [0.5, 0.6) is 0 Å². The van der Waals surface area contributed by atoms with Gasteiger partial charge in [0.15, 0.2) is 0 Å². The van der Waals surface area contributed by atoms with Crippen molar-refractivity contribution in [3.63, 3.8) is 0 Å². The first kappa shape index (κ1) is 28.6. The van der Waals surface area contributed by atoms with E-state index in [1.807, 2.05) is 30.5 Å². The Labute approximate surface area is 218 Å². The van der Waals surface area contributed by atoms with E-state index in [0.29, 0.717) is 18.7 Å². The third-order valence-corrected chi connectivity index (χ3v) is 6.24. The molecule has 0 aliphatic carbocycles. The van der Waals surface area contributed by atoms with E-state index in [2.05, 4.69) is 16.8 Å². The monoisotopic (exact) mass is 512 g/mol. The molecule has 3 atom stereocenters. The van der Waals surface area contributed by atoms with Crippen molar-refractivity contribution in [3.8, 4) is 11.4 Å². The molecule has 0 aliphatic heterocycles. The first-order chi connectivity index (χ1) is 17.4. The average Bonchev–Trinajstić information content (AvgIpc) is 3.18. The summed E-state index contributed by atoms with van der Waals surface area (Å²) in [4.78, 5) is 29.9. The van der Waals surface area contributed by atoms with Gasteiger partial charge in [0.1, 0.15) is 17.5 Å². The normalized spacial score (nSPS) is 14.5. The molecule has 9 nitrogen and oxygen atoms in total. The van der Waals surface area contributed by atoms with Gasteiger partial charge in [-0.2, -0.15) is 0 Å². The number of fused-ring (bicyclic) bond motifs is 1. The third-order valence-electron chi connectivity index (χ3n) is 6.24. The number of aromatic nitrogens is 3. The molecule has 0 bridgehead atoms. The molecule has 0 aliphatic rings. The largest absolute Gasteiger partial charge is 0.459 e. The quantitative estimate of drug-likeness (QED) is 0.401. The molecule has 0 radical (unpaired) electrons. The molecule has 0 spiro atoms. The lowest BCUT2D eigenvalue weighted by atomic mass is 10.1. The molecular formula is C28H40N4O5. The first-order valence-electron chi connectivity index (χ1n) is 12.7. The average molecular weight is 513 g/mol. The standard InChI is InChI=1S/C28H40N4O5/c1-9-21(16-36-8)32-23-11-10-19(14-29-24(18(3)33)27(35)37-28(4,5)6)13-22(23)30-25(32)20-12-17(2)26(34)31(7)15-20/h10-13,15,18,21,24,29,33H,9,14,16H2,1-8H3/t18-,21?,24+/m1/s1. The highest BCUT2D eigenvalue weighted by Gasteiger charge is 2.28. The van der Waals surface area contributed by atoms with E-state index in [4.69, 9.17) is 14.5 Å². The van der Waals surface area contributed by atoms with Gasteiger partial charge in [0.2, 0.25) is 0 Å². The number of nitrogens with one attached hydrogen (secondary N) is 1. The van der Waals surface area contributed by atoms with Gasteiger partial charge in [0, 0.05) is 38.0 Å². The molecule has 0 fully saturated rings. The SMILES string of the molecule is CCC(COC)n1c(-c2cc(C)c(=O)n(C)c2)nc2cc(CN[C@H](C(=O)OC(C)(C)C)[C@@H](C)O)ccc21. The fourth-order valence-corrected chi connectivity index (χ4v) is 4.44. The second kappa shape index (κ2) is 11.6. The van der Waals surface area contributed by atoms with Crippen molar-refractivity contribution in [2.75, 3.05) is 13.7 Å². The van der Waals surface area contributed by atoms with Gasteiger partial charge in [0.25, 0.3) is 5.56 Å². The number of hydrogen-bond donors (Lipinski definition) is 2. The molecule has 2 aromatic heterocycles. The molecule has 0 amide bonds. The van der Waals surface area contributed by atoms with E-state index in [-0.39, 0.29) is 11.6 Å². The summed E-state index contributed by atoms with van der Waals surface area (Å²) in [6.07, 6.45) is 1.73. The second-order valence-electron chi connectivity index (χ2n) is 10.6. The summed E-state index contributed by atoms with van der Waals surface area (Å²) in [7, 11) is 3.43. The van der Waals surface area contributed by atoms with Crippen LogP contribution in [0.3, 0.4) is 0 Å². The molecule has 37 heavy (non-hydrogen) atoms. The van der Waals surface area contributed by atoms with Crippen LogP contribution in [0.25, 0.3) is 22.4 Å². The predicted octanol–water partition coefficient (Wildman–Crippen LogP) is 3.49. The summed E-state index contributed by atoms with van der Waals surface area (Å²) in [5.74, 6) is 0.267. The van der Waals surface area contributed by atoms with E-state index in [1.54, 1.807) is 53.3 Å². The van der Waals surface area contributed by atoms with Crippen LogP contribution in [0.2, 0.25) is 0 Å². The van der Waals surface area contributed by atoms with Gasteiger partial charge in [-0.25, -0.2) is 4.98 Å². The highest BCUT2D eigenvalue weighted by Crippen LogP contribution is 2.30. The van der Waals surface area contributed by atoms with E-state index in [0.717, 1.165) is 34.4 Å². The number of aliphatic hydroxyl groups excluding tert-OH is 1. The highest BCUT2D eigenvalue weighted by molar-refractivity contribution is 5.82. The Bertz CT molecular complexity index is 1280. The number of carbonyl (C=O) groups excluding carboxylic acids is 1. The molecule has 202 valence electrons. The van der Waals surface area contributed by atoms with Gasteiger partial charge >= 0.3 is 5.97 Å². The maximum Gasteiger partial charge on any atom is 0.326 e. The van der Waals surface area contributed by atoms with Gasteiger partial charge in [0.05, 0.1) is 29.8 Å². The lowest BCUT2D eigenvalue weighted by Crippen LogP contribution is -2.47.